The van der Waals surface area contributed by atoms with Crippen LogP contribution in [0.15, 0.2) is 40.5 Å². The van der Waals surface area contributed by atoms with Crippen molar-refractivity contribution >= 4 is 33.3 Å². The zero-order valence-electron chi connectivity index (χ0n) is 13.3. The highest BCUT2D eigenvalue weighted by atomic mass is 32.2. The minimum absolute atomic E-state index is 0.150. The molecule has 12 heteroatoms. The van der Waals surface area contributed by atoms with E-state index in [2.05, 4.69) is 9.97 Å². The zero-order chi connectivity index (χ0) is 18.9. The van der Waals surface area contributed by atoms with Gasteiger partial charge in [-0.05, 0) is 17.7 Å². The summed E-state index contributed by atoms with van der Waals surface area (Å²) in [4.78, 5) is 11.0. The maximum absolute atomic E-state index is 12.4. The molecule has 0 saturated heterocycles. The van der Waals surface area contributed by atoms with Gasteiger partial charge in [-0.25, -0.2) is 23.1 Å². The molecule has 1 aliphatic rings. The zero-order valence-corrected chi connectivity index (χ0v) is 15.0. The van der Waals surface area contributed by atoms with Gasteiger partial charge in [0.2, 0.25) is 0 Å². The maximum atomic E-state index is 12.4. The number of halogens is 3. The standard InChI is InChI=1S/C14H13F3N4O3S2/c1-24-8-21-10-6-9(7-20-26(22,23)14(15,16)17)2-3-11(10)25-13-12(21)18-4-5-19-13/h2-6,20H,7-8H2,1H3. The molecule has 0 spiro atoms. The third-order valence-electron chi connectivity index (χ3n) is 3.45. The summed E-state index contributed by atoms with van der Waals surface area (Å²) in [6.45, 7) is -0.342. The van der Waals surface area contributed by atoms with E-state index in [0.29, 0.717) is 22.1 Å². The van der Waals surface area contributed by atoms with Crippen molar-refractivity contribution in [3.8, 4) is 0 Å². The number of nitrogens with zero attached hydrogens (tertiary/aromatic N) is 3. The van der Waals surface area contributed by atoms with Gasteiger partial charge in [0.15, 0.2) is 5.82 Å². The van der Waals surface area contributed by atoms with Gasteiger partial charge in [-0.1, -0.05) is 17.8 Å². The number of rotatable bonds is 5. The molecule has 1 aromatic carbocycles. The molecule has 2 heterocycles. The van der Waals surface area contributed by atoms with Crippen molar-refractivity contribution in [3.05, 3.63) is 36.2 Å². The first kappa shape index (κ1) is 18.9. The second kappa shape index (κ2) is 7.02. The topological polar surface area (TPSA) is 84.4 Å². The van der Waals surface area contributed by atoms with E-state index < -0.39 is 22.1 Å². The summed E-state index contributed by atoms with van der Waals surface area (Å²) in [7, 11) is -3.91. The summed E-state index contributed by atoms with van der Waals surface area (Å²) in [5, 5.41) is 0.669. The van der Waals surface area contributed by atoms with E-state index in [1.807, 2.05) is 0 Å². The fourth-order valence-corrected chi connectivity index (χ4v) is 3.79. The third-order valence-corrected chi connectivity index (χ3v) is 5.63. The Morgan fingerprint density at radius 1 is 1.27 bits per heavy atom. The lowest BCUT2D eigenvalue weighted by atomic mass is 10.2. The first-order chi connectivity index (χ1) is 12.2. The number of ether oxygens (including phenoxy) is 1. The second-order valence-electron chi connectivity index (χ2n) is 5.21. The lowest BCUT2D eigenvalue weighted by molar-refractivity contribution is -0.0448. The highest BCUT2D eigenvalue weighted by Gasteiger charge is 2.45. The van der Waals surface area contributed by atoms with E-state index in [-0.39, 0.29) is 6.73 Å². The average Bonchev–Trinajstić information content (AvgIpc) is 2.59. The summed E-state index contributed by atoms with van der Waals surface area (Å²) in [6, 6.07) is 4.84. The van der Waals surface area contributed by atoms with Crippen molar-refractivity contribution in [1.82, 2.24) is 14.7 Å². The Bertz CT molecular complexity index is 922. The van der Waals surface area contributed by atoms with Crippen LogP contribution in [0.2, 0.25) is 0 Å². The molecule has 1 aromatic heterocycles. The van der Waals surface area contributed by atoms with E-state index in [4.69, 9.17) is 4.74 Å². The number of methoxy groups -OCH3 is 1. The number of benzene rings is 1. The summed E-state index contributed by atoms with van der Waals surface area (Å²) in [5.74, 6) is 0.555. The van der Waals surface area contributed by atoms with Crippen LogP contribution in [0.3, 0.4) is 0 Å². The Morgan fingerprint density at radius 2 is 2.00 bits per heavy atom. The number of alkyl halides is 3. The van der Waals surface area contributed by atoms with Crippen LogP contribution in [-0.4, -0.2) is 37.7 Å². The van der Waals surface area contributed by atoms with Gasteiger partial charge in [-0.2, -0.15) is 13.2 Å². The lowest BCUT2D eigenvalue weighted by Crippen LogP contribution is -2.36. The van der Waals surface area contributed by atoms with Gasteiger partial charge in [0.25, 0.3) is 0 Å². The molecule has 0 radical (unpaired) electrons. The third kappa shape index (κ3) is 3.63. The molecular weight excluding hydrogens is 393 g/mol. The normalized spacial score (nSPS) is 14.1. The molecule has 1 N–H and O–H groups in total. The number of hydrogen-bond donors (Lipinski definition) is 1. The monoisotopic (exact) mass is 406 g/mol. The number of fused-ring (bicyclic) bond motifs is 2. The molecule has 1 aliphatic heterocycles. The summed E-state index contributed by atoms with van der Waals surface area (Å²) in [5.41, 5.74) is -4.34. The van der Waals surface area contributed by atoms with Crippen LogP contribution in [0.5, 0.6) is 0 Å². The number of sulfonamides is 1. The number of nitrogens with one attached hydrogen (secondary N) is 1. The first-order valence-corrected chi connectivity index (χ1v) is 9.47. The van der Waals surface area contributed by atoms with Crippen molar-refractivity contribution in [2.24, 2.45) is 0 Å². The number of anilines is 2. The van der Waals surface area contributed by atoms with Crippen LogP contribution in [0.1, 0.15) is 5.56 Å². The minimum atomic E-state index is -5.41. The van der Waals surface area contributed by atoms with Crippen LogP contribution < -0.4 is 9.62 Å². The molecule has 0 saturated carbocycles. The largest absolute Gasteiger partial charge is 0.511 e. The van der Waals surface area contributed by atoms with Gasteiger partial charge >= 0.3 is 15.5 Å². The van der Waals surface area contributed by atoms with Crippen LogP contribution >= 0.6 is 11.8 Å². The molecule has 0 aliphatic carbocycles. The van der Waals surface area contributed by atoms with Crippen molar-refractivity contribution in [2.45, 2.75) is 22.0 Å². The SMILES string of the molecule is COCN1c2cc(CNS(=O)(=O)C(F)(F)F)ccc2Sc2nccnc21. The molecule has 0 unspecified atom stereocenters. The molecule has 0 atom stereocenters. The van der Waals surface area contributed by atoms with Crippen molar-refractivity contribution in [3.63, 3.8) is 0 Å². The molecule has 3 rings (SSSR count). The summed E-state index contributed by atoms with van der Waals surface area (Å²) < 4.78 is 66.4. The Labute approximate surface area is 151 Å². The van der Waals surface area contributed by atoms with E-state index >= 15 is 0 Å². The van der Waals surface area contributed by atoms with Gasteiger partial charge in [0, 0.05) is 30.9 Å². The lowest BCUT2D eigenvalue weighted by Gasteiger charge is -2.30. The minimum Gasteiger partial charge on any atom is -0.364 e. The van der Waals surface area contributed by atoms with E-state index in [1.165, 1.54) is 25.1 Å². The van der Waals surface area contributed by atoms with Crippen LogP contribution in [-0.2, 0) is 21.3 Å². The van der Waals surface area contributed by atoms with E-state index in [0.717, 1.165) is 4.90 Å². The molecule has 7 nitrogen and oxygen atoms in total. The smallest absolute Gasteiger partial charge is 0.364 e. The second-order valence-corrected chi connectivity index (χ2v) is 7.99. The van der Waals surface area contributed by atoms with E-state index in [9.17, 15) is 21.6 Å². The molecule has 0 fully saturated rings. The average molecular weight is 406 g/mol. The quantitative estimate of drug-likeness (QED) is 0.817. The Balaban J connectivity index is 1.90. The maximum Gasteiger partial charge on any atom is 0.511 e. The van der Waals surface area contributed by atoms with Crippen LogP contribution in [0.4, 0.5) is 24.7 Å². The van der Waals surface area contributed by atoms with Gasteiger partial charge in [-0.15, -0.1) is 0 Å². The van der Waals surface area contributed by atoms with Gasteiger partial charge in [-0.3, -0.25) is 4.90 Å². The predicted octanol–water partition coefficient (Wildman–Crippen LogP) is 2.62. The fraction of sp³-hybridized carbons (Fsp3) is 0.286. The van der Waals surface area contributed by atoms with Gasteiger partial charge in [0.05, 0.1) is 5.69 Å². The molecular formula is C14H13F3N4O3S2. The molecule has 0 bridgehead atoms. The molecule has 2 aromatic rings. The van der Waals surface area contributed by atoms with Crippen molar-refractivity contribution in [2.75, 3.05) is 18.7 Å². The Morgan fingerprint density at radius 3 is 2.69 bits per heavy atom. The number of aromatic nitrogens is 2. The van der Waals surface area contributed by atoms with Crippen molar-refractivity contribution in [1.29, 1.82) is 0 Å². The van der Waals surface area contributed by atoms with Gasteiger partial charge < -0.3 is 4.74 Å². The molecule has 0 amide bonds. The highest BCUT2D eigenvalue weighted by Crippen LogP contribution is 2.46. The number of hydrogen-bond acceptors (Lipinski definition) is 7. The van der Waals surface area contributed by atoms with Crippen molar-refractivity contribution < 1.29 is 26.3 Å². The summed E-state index contributed by atoms with van der Waals surface area (Å²) >= 11 is 1.36. The first-order valence-electron chi connectivity index (χ1n) is 7.17. The predicted molar refractivity (Wildman–Crippen MR) is 88.4 cm³/mol. The molecule has 26 heavy (non-hydrogen) atoms. The van der Waals surface area contributed by atoms with Crippen LogP contribution in [0.25, 0.3) is 0 Å². The molecule has 140 valence electrons. The highest BCUT2D eigenvalue weighted by molar-refractivity contribution is 7.99. The van der Waals surface area contributed by atoms with Crippen LogP contribution in [0, 0.1) is 0 Å². The van der Waals surface area contributed by atoms with Gasteiger partial charge in [0.1, 0.15) is 11.8 Å². The summed E-state index contributed by atoms with van der Waals surface area (Å²) in [6.07, 6.45) is 3.08. The fourth-order valence-electron chi connectivity index (χ4n) is 2.28. The Hall–Kier alpha value is -1.89. The van der Waals surface area contributed by atoms with E-state index in [1.54, 1.807) is 34.0 Å². The Kier molecular flexibility index (Phi) is 5.10.